The zero-order chi connectivity index (χ0) is 16.1. The van der Waals surface area contributed by atoms with E-state index in [1.807, 2.05) is 6.20 Å². The maximum absolute atomic E-state index is 4.83. The van der Waals surface area contributed by atoms with Crippen molar-refractivity contribution >= 4 is 0 Å². The van der Waals surface area contributed by atoms with Gasteiger partial charge in [-0.25, -0.2) is 4.57 Å². The van der Waals surface area contributed by atoms with Gasteiger partial charge >= 0.3 is 5.82 Å². The molecule has 2 nitrogen and oxygen atoms in total. The highest BCUT2D eigenvalue weighted by Gasteiger charge is 2.28. The summed E-state index contributed by atoms with van der Waals surface area (Å²) in [6, 6.07) is 13.1. The fourth-order valence-corrected chi connectivity index (χ4v) is 3.67. The SMILES string of the molecule is Cc1cc(C)c(C)c(-c2ncc3c([n+]2C)Cc2ccccc2-3)c1. The van der Waals surface area contributed by atoms with E-state index in [4.69, 9.17) is 4.98 Å². The highest BCUT2D eigenvalue weighted by Crippen LogP contribution is 2.35. The number of rotatable bonds is 1. The van der Waals surface area contributed by atoms with E-state index in [0.717, 1.165) is 12.2 Å². The second-order valence-electron chi connectivity index (χ2n) is 6.59. The van der Waals surface area contributed by atoms with Crippen LogP contribution in [0.1, 0.15) is 27.9 Å². The topological polar surface area (TPSA) is 16.8 Å². The van der Waals surface area contributed by atoms with Crippen molar-refractivity contribution in [2.24, 2.45) is 7.05 Å². The van der Waals surface area contributed by atoms with E-state index >= 15 is 0 Å². The van der Waals surface area contributed by atoms with Crippen molar-refractivity contribution in [2.75, 3.05) is 0 Å². The van der Waals surface area contributed by atoms with Crippen molar-refractivity contribution in [2.45, 2.75) is 27.2 Å². The first-order chi connectivity index (χ1) is 11.1. The van der Waals surface area contributed by atoms with Gasteiger partial charge in [0.05, 0.1) is 18.2 Å². The van der Waals surface area contributed by atoms with E-state index in [1.165, 1.54) is 44.6 Å². The molecule has 0 fully saturated rings. The molecule has 1 aliphatic rings. The Bertz CT molecular complexity index is 939. The fraction of sp³-hybridized carbons (Fsp3) is 0.238. The first kappa shape index (κ1) is 14.1. The quantitative estimate of drug-likeness (QED) is 0.484. The number of hydrogen-bond acceptors (Lipinski definition) is 1. The predicted molar refractivity (Wildman–Crippen MR) is 93.3 cm³/mol. The van der Waals surface area contributed by atoms with Crippen molar-refractivity contribution in [1.29, 1.82) is 0 Å². The van der Waals surface area contributed by atoms with E-state index in [9.17, 15) is 0 Å². The van der Waals surface area contributed by atoms with Crippen LogP contribution in [-0.4, -0.2) is 4.98 Å². The van der Waals surface area contributed by atoms with Crippen LogP contribution < -0.4 is 4.57 Å². The largest absolute Gasteiger partial charge is 0.330 e. The first-order valence-electron chi connectivity index (χ1n) is 8.10. The van der Waals surface area contributed by atoms with Gasteiger partial charge in [0, 0.05) is 6.42 Å². The second kappa shape index (κ2) is 5.02. The molecule has 0 saturated heterocycles. The van der Waals surface area contributed by atoms with E-state index < -0.39 is 0 Å². The highest BCUT2D eigenvalue weighted by atomic mass is 15.0. The van der Waals surface area contributed by atoms with Crippen molar-refractivity contribution in [3.8, 4) is 22.5 Å². The minimum absolute atomic E-state index is 0.987. The molecule has 114 valence electrons. The summed E-state index contributed by atoms with van der Waals surface area (Å²) in [6.07, 6.45) is 3.04. The van der Waals surface area contributed by atoms with Crippen molar-refractivity contribution in [3.05, 3.63) is 70.5 Å². The molecule has 1 heterocycles. The monoisotopic (exact) mass is 301 g/mol. The summed E-state index contributed by atoms with van der Waals surface area (Å²) in [5.74, 6) is 1.06. The molecule has 0 aliphatic heterocycles. The number of hydrogen-bond donors (Lipinski definition) is 0. The van der Waals surface area contributed by atoms with Crippen LogP contribution in [0.3, 0.4) is 0 Å². The van der Waals surface area contributed by atoms with Crippen molar-refractivity contribution in [1.82, 2.24) is 4.98 Å². The number of nitrogens with zero attached hydrogens (tertiary/aromatic N) is 2. The lowest BCUT2D eigenvalue weighted by Crippen LogP contribution is -2.37. The molecule has 1 aromatic heterocycles. The molecule has 2 aromatic carbocycles. The van der Waals surface area contributed by atoms with Crippen LogP contribution in [0.2, 0.25) is 0 Å². The molecule has 0 atom stereocenters. The third-order valence-corrected chi connectivity index (χ3v) is 5.07. The molecular formula is C21H21N2+. The number of benzene rings is 2. The Morgan fingerprint density at radius 3 is 2.57 bits per heavy atom. The van der Waals surface area contributed by atoms with Crippen molar-refractivity contribution < 1.29 is 4.57 Å². The Labute approximate surface area is 137 Å². The molecule has 0 saturated carbocycles. The second-order valence-corrected chi connectivity index (χ2v) is 6.59. The molecular weight excluding hydrogens is 280 g/mol. The standard InChI is InChI=1S/C21H21N2/c1-13-9-14(2)15(3)18(10-13)21-22-12-19-17-8-6-5-7-16(17)11-20(19)23(21)4/h5-10,12H,11H2,1-4H3/q+1. The lowest BCUT2D eigenvalue weighted by Gasteiger charge is -2.10. The van der Waals surface area contributed by atoms with Gasteiger partial charge in [-0.2, -0.15) is 0 Å². The summed E-state index contributed by atoms with van der Waals surface area (Å²) in [7, 11) is 2.14. The average Bonchev–Trinajstić information content (AvgIpc) is 2.91. The molecule has 0 spiro atoms. The molecule has 0 bridgehead atoms. The Morgan fingerprint density at radius 2 is 1.74 bits per heavy atom. The molecule has 2 heteroatoms. The summed E-state index contributed by atoms with van der Waals surface area (Å²) in [5, 5.41) is 0. The molecule has 1 aliphatic carbocycles. The van der Waals surface area contributed by atoms with Crippen molar-refractivity contribution in [3.63, 3.8) is 0 Å². The average molecular weight is 301 g/mol. The van der Waals surface area contributed by atoms with Crippen LogP contribution in [0.15, 0.2) is 42.6 Å². The van der Waals surface area contributed by atoms with E-state index in [-0.39, 0.29) is 0 Å². The summed E-state index contributed by atoms with van der Waals surface area (Å²) < 4.78 is 2.27. The predicted octanol–water partition coefficient (Wildman–Crippen LogP) is 4.07. The van der Waals surface area contributed by atoms with Crippen LogP contribution in [0, 0.1) is 20.8 Å². The molecule has 23 heavy (non-hydrogen) atoms. The number of fused-ring (bicyclic) bond motifs is 3. The normalized spacial score (nSPS) is 12.2. The summed E-state index contributed by atoms with van der Waals surface area (Å²) in [6.45, 7) is 6.52. The summed E-state index contributed by atoms with van der Waals surface area (Å²) in [5.41, 5.74) is 10.5. The zero-order valence-corrected chi connectivity index (χ0v) is 14.1. The van der Waals surface area contributed by atoms with Crippen LogP contribution in [-0.2, 0) is 13.5 Å². The fourth-order valence-electron chi connectivity index (χ4n) is 3.67. The molecule has 0 unspecified atom stereocenters. The molecule has 0 radical (unpaired) electrons. The van der Waals surface area contributed by atoms with E-state index in [2.05, 4.69) is 68.8 Å². The van der Waals surface area contributed by atoms with E-state index in [0.29, 0.717) is 0 Å². The number of aromatic nitrogens is 2. The molecule has 0 N–H and O–H groups in total. The zero-order valence-electron chi connectivity index (χ0n) is 14.1. The van der Waals surface area contributed by atoms with Gasteiger partial charge < -0.3 is 0 Å². The minimum atomic E-state index is 0.987. The minimum Gasteiger partial charge on any atom is -0.229 e. The Morgan fingerprint density at radius 1 is 0.957 bits per heavy atom. The van der Waals surface area contributed by atoms with Gasteiger partial charge in [0.1, 0.15) is 5.69 Å². The van der Waals surface area contributed by atoms with Gasteiger partial charge in [-0.1, -0.05) is 30.3 Å². The van der Waals surface area contributed by atoms with Gasteiger partial charge in [0.2, 0.25) is 0 Å². The lowest BCUT2D eigenvalue weighted by atomic mass is 9.99. The van der Waals surface area contributed by atoms with Gasteiger partial charge in [0.25, 0.3) is 0 Å². The first-order valence-corrected chi connectivity index (χ1v) is 8.10. The summed E-state index contributed by atoms with van der Waals surface area (Å²) in [4.78, 5) is 4.83. The van der Waals surface area contributed by atoms with Crippen LogP contribution in [0.25, 0.3) is 22.5 Å². The van der Waals surface area contributed by atoms with Gasteiger partial charge in [0.15, 0.2) is 6.20 Å². The molecule has 3 aromatic rings. The number of aryl methyl sites for hydroxylation is 2. The van der Waals surface area contributed by atoms with Gasteiger partial charge in [-0.3, -0.25) is 0 Å². The third-order valence-electron chi connectivity index (χ3n) is 5.07. The lowest BCUT2D eigenvalue weighted by molar-refractivity contribution is -0.669. The molecule has 4 rings (SSSR count). The van der Waals surface area contributed by atoms with Crippen LogP contribution in [0.4, 0.5) is 0 Å². The third kappa shape index (κ3) is 2.09. The Hall–Kier alpha value is -2.48. The molecule has 0 amide bonds. The smallest absolute Gasteiger partial charge is 0.229 e. The van der Waals surface area contributed by atoms with Gasteiger partial charge in [-0.05, 0) is 59.6 Å². The summed E-state index contributed by atoms with van der Waals surface area (Å²) >= 11 is 0. The van der Waals surface area contributed by atoms with Crippen LogP contribution in [0.5, 0.6) is 0 Å². The highest BCUT2D eigenvalue weighted by molar-refractivity contribution is 5.74. The van der Waals surface area contributed by atoms with Gasteiger partial charge in [-0.15, -0.1) is 0 Å². The maximum atomic E-state index is 4.83. The van der Waals surface area contributed by atoms with E-state index in [1.54, 1.807) is 0 Å². The Kier molecular flexibility index (Phi) is 3.08. The Balaban J connectivity index is 1.93. The maximum Gasteiger partial charge on any atom is 0.330 e. The van der Waals surface area contributed by atoms with Crippen LogP contribution >= 0.6 is 0 Å².